The van der Waals surface area contributed by atoms with Crippen LogP contribution >= 0.6 is 0 Å². The Bertz CT molecular complexity index is 1520. The number of amides is 1. The van der Waals surface area contributed by atoms with Crippen molar-refractivity contribution in [2.24, 2.45) is 0 Å². The van der Waals surface area contributed by atoms with Gasteiger partial charge in [0, 0.05) is 38.1 Å². The van der Waals surface area contributed by atoms with E-state index in [0.29, 0.717) is 48.4 Å². The number of carbonyl (C=O) groups is 2. The number of aryl methyl sites for hydroxylation is 1. The van der Waals surface area contributed by atoms with Gasteiger partial charge in [-0.3, -0.25) is 4.79 Å². The minimum Gasteiger partial charge on any atom is -0.479 e. The molecule has 3 aromatic carbocycles. The van der Waals surface area contributed by atoms with E-state index < -0.39 is 6.10 Å². The van der Waals surface area contributed by atoms with Gasteiger partial charge in [-0.25, -0.2) is 9.18 Å². The second-order valence-corrected chi connectivity index (χ2v) is 10.2. The Balaban J connectivity index is 0.00000370. The summed E-state index contributed by atoms with van der Waals surface area (Å²) in [5.74, 6) is -0.251. The summed E-state index contributed by atoms with van der Waals surface area (Å²) in [6.07, 6.45) is 0.490. The molecule has 1 unspecified atom stereocenters. The number of benzene rings is 3. The predicted octanol–water partition coefficient (Wildman–Crippen LogP) is 6.38. The Morgan fingerprint density at radius 2 is 1.92 bits per heavy atom. The van der Waals surface area contributed by atoms with E-state index in [1.165, 1.54) is 6.07 Å². The lowest BCUT2D eigenvalue weighted by atomic mass is 10.0. The first-order chi connectivity index (χ1) is 18.9. The fraction of sp³-hybridized carbons (Fsp3) is 0.312. The molecular formula is C32H35FN2O4. The highest BCUT2D eigenvalue weighted by molar-refractivity contribution is 6.09. The van der Waals surface area contributed by atoms with Crippen molar-refractivity contribution in [1.29, 1.82) is 0 Å². The third-order valence-corrected chi connectivity index (χ3v) is 7.15. The van der Waals surface area contributed by atoms with Crippen LogP contribution in [0.3, 0.4) is 0 Å². The molecule has 1 N–H and O–H groups in total. The van der Waals surface area contributed by atoms with E-state index in [2.05, 4.69) is 35.9 Å². The molecule has 1 atom stereocenters. The molecule has 39 heavy (non-hydrogen) atoms. The summed E-state index contributed by atoms with van der Waals surface area (Å²) in [6, 6.07) is 20.7. The number of hydrogen-bond acceptors (Lipinski definition) is 4. The minimum atomic E-state index is -0.633. The number of hydrogen-bond donors (Lipinski definition) is 1. The number of fused-ring (bicyclic) bond motifs is 1. The molecule has 0 spiro atoms. The Labute approximate surface area is 229 Å². The molecule has 0 radical (unpaired) electrons. The van der Waals surface area contributed by atoms with Gasteiger partial charge < -0.3 is 19.4 Å². The molecule has 1 amide bonds. The molecule has 1 aliphatic heterocycles. The molecule has 5 rings (SSSR count). The first kappa shape index (κ1) is 26.5. The second kappa shape index (κ2) is 11.3. The molecule has 0 bridgehead atoms. The molecule has 204 valence electrons. The van der Waals surface area contributed by atoms with Gasteiger partial charge in [0.25, 0.3) is 5.91 Å². The van der Waals surface area contributed by atoms with Gasteiger partial charge >= 0.3 is 5.97 Å². The van der Waals surface area contributed by atoms with Crippen molar-refractivity contribution in [1.82, 2.24) is 9.88 Å². The van der Waals surface area contributed by atoms with Crippen molar-refractivity contribution in [2.45, 2.75) is 58.7 Å². The van der Waals surface area contributed by atoms with Crippen LogP contribution in [0.15, 0.2) is 66.7 Å². The molecule has 6 nitrogen and oxygen atoms in total. The van der Waals surface area contributed by atoms with E-state index in [9.17, 15) is 14.0 Å². The van der Waals surface area contributed by atoms with Gasteiger partial charge in [0.15, 0.2) is 6.10 Å². The third kappa shape index (κ3) is 5.53. The average molecular weight is 531 g/mol. The summed E-state index contributed by atoms with van der Waals surface area (Å²) in [5.41, 5.74) is 4.79. The maximum atomic E-state index is 14.3. The van der Waals surface area contributed by atoms with Gasteiger partial charge in [-0.1, -0.05) is 63.2 Å². The van der Waals surface area contributed by atoms with E-state index in [-0.39, 0.29) is 31.6 Å². The van der Waals surface area contributed by atoms with Crippen LogP contribution in [-0.2, 0) is 29.0 Å². The van der Waals surface area contributed by atoms with Gasteiger partial charge in [-0.15, -0.1) is 0 Å². The summed E-state index contributed by atoms with van der Waals surface area (Å²) < 4.78 is 27.5. The Kier molecular flexibility index (Phi) is 7.68. The number of ether oxygens (including phenoxy) is 2. The SMILES string of the molecule is CCc1ccc(CNC(=O)c2c(C(C)C)n(Cc3ccccc3)c3cc(OC4CCOC4=O)ccc23)cc1F.[HH]. The van der Waals surface area contributed by atoms with Crippen molar-refractivity contribution in [2.75, 3.05) is 6.61 Å². The minimum absolute atomic E-state index is 0. The van der Waals surface area contributed by atoms with Crippen molar-refractivity contribution in [3.63, 3.8) is 0 Å². The Morgan fingerprint density at radius 3 is 2.59 bits per heavy atom. The topological polar surface area (TPSA) is 69.6 Å². The zero-order valence-corrected chi connectivity index (χ0v) is 22.5. The predicted molar refractivity (Wildman–Crippen MR) is 151 cm³/mol. The highest BCUT2D eigenvalue weighted by Crippen LogP contribution is 2.35. The number of halogens is 1. The second-order valence-electron chi connectivity index (χ2n) is 10.2. The van der Waals surface area contributed by atoms with Crippen LogP contribution in [-0.4, -0.2) is 29.2 Å². The van der Waals surface area contributed by atoms with Gasteiger partial charge in [-0.2, -0.15) is 0 Å². The first-order valence-electron chi connectivity index (χ1n) is 13.4. The zero-order valence-electron chi connectivity index (χ0n) is 22.5. The Hall–Kier alpha value is -4.13. The highest BCUT2D eigenvalue weighted by atomic mass is 19.1. The van der Waals surface area contributed by atoms with Crippen molar-refractivity contribution >= 4 is 22.8 Å². The molecule has 7 heteroatoms. The summed E-state index contributed by atoms with van der Waals surface area (Å²) in [5, 5.41) is 3.80. The van der Waals surface area contributed by atoms with Crippen molar-refractivity contribution in [3.8, 4) is 5.75 Å². The summed E-state index contributed by atoms with van der Waals surface area (Å²) in [7, 11) is 0. The van der Waals surface area contributed by atoms with E-state index >= 15 is 0 Å². The summed E-state index contributed by atoms with van der Waals surface area (Å²) in [6.45, 7) is 7.18. The monoisotopic (exact) mass is 530 g/mol. The number of esters is 1. The molecule has 0 saturated carbocycles. The molecule has 1 fully saturated rings. The number of carbonyl (C=O) groups excluding carboxylic acids is 2. The standard InChI is InChI=1S/C32H33FN2O4.H2/c1-4-23-11-10-22(16-26(23)33)18-34-31(36)29-25-13-12-24(39-28-14-15-38-32(28)37)17-27(25)35(30(29)20(2)3)19-21-8-6-5-7-9-21;/h5-13,16-17,20,28H,4,14-15,18-19H2,1-3H3,(H,34,36);1H. The van der Waals surface area contributed by atoms with Crippen LogP contribution in [0, 0.1) is 5.82 Å². The van der Waals surface area contributed by atoms with Crippen LogP contribution in [0.5, 0.6) is 5.75 Å². The molecule has 1 aliphatic rings. The number of cyclic esters (lactones) is 1. The lowest BCUT2D eigenvalue weighted by Gasteiger charge is -2.16. The number of rotatable bonds is 9. The quantitative estimate of drug-likeness (QED) is 0.255. The lowest BCUT2D eigenvalue weighted by molar-refractivity contribution is -0.143. The van der Waals surface area contributed by atoms with Crippen molar-refractivity contribution in [3.05, 3.63) is 100 Å². The van der Waals surface area contributed by atoms with E-state index in [0.717, 1.165) is 22.2 Å². The molecular weight excluding hydrogens is 495 g/mol. The van der Waals surface area contributed by atoms with Gasteiger partial charge in [0.05, 0.1) is 17.7 Å². The van der Waals surface area contributed by atoms with Gasteiger partial charge in [0.1, 0.15) is 11.6 Å². The van der Waals surface area contributed by atoms with Crippen LogP contribution < -0.4 is 10.1 Å². The van der Waals surface area contributed by atoms with Crippen LogP contribution in [0.25, 0.3) is 10.9 Å². The van der Waals surface area contributed by atoms with Crippen LogP contribution in [0.4, 0.5) is 4.39 Å². The van der Waals surface area contributed by atoms with E-state index in [1.54, 1.807) is 12.1 Å². The molecule has 0 aliphatic carbocycles. The van der Waals surface area contributed by atoms with Gasteiger partial charge in [-0.05, 0) is 47.2 Å². The largest absolute Gasteiger partial charge is 0.479 e. The normalized spacial score (nSPS) is 15.1. The summed E-state index contributed by atoms with van der Waals surface area (Å²) in [4.78, 5) is 25.7. The molecule has 2 heterocycles. The smallest absolute Gasteiger partial charge is 0.347 e. The van der Waals surface area contributed by atoms with Crippen molar-refractivity contribution < 1.29 is 24.9 Å². The fourth-order valence-corrected chi connectivity index (χ4v) is 5.20. The zero-order chi connectivity index (χ0) is 27.5. The number of nitrogens with zero attached hydrogens (tertiary/aromatic N) is 1. The molecule has 1 aromatic heterocycles. The van der Waals surface area contributed by atoms with Crippen LogP contribution in [0.1, 0.15) is 67.3 Å². The highest BCUT2D eigenvalue weighted by Gasteiger charge is 2.29. The first-order valence-corrected chi connectivity index (χ1v) is 13.4. The number of aromatic nitrogens is 1. The third-order valence-electron chi connectivity index (χ3n) is 7.15. The lowest BCUT2D eigenvalue weighted by Crippen LogP contribution is -2.24. The molecule has 1 saturated heterocycles. The van der Waals surface area contributed by atoms with Crippen LogP contribution in [0.2, 0.25) is 0 Å². The van der Waals surface area contributed by atoms with E-state index in [4.69, 9.17) is 9.47 Å². The van der Waals surface area contributed by atoms with Gasteiger partial charge in [0.2, 0.25) is 0 Å². The van der Waals surface area contributed by atoms with E-state index in [1.807, 2.05) is 43.3 Å². The maximum Gasteiger partial charge on any atom is 0.347 e. The fourth-order valence-electron chi connectivity index (χ4n) is 5.20. The average Bonchev–Trinajstić information content (AvgIpc) is 3.48. The maximum absolute atomic E-state index is 14.3. The Morgan fingerprint density at radius 1 is 1.13 bits per heavy atom. The summed E-state index contributed by atoms with van der Waals surface area (Å²) >= 11 is 0. The number of nitrogens with one attached hydrogen (secondary N) is 1. The molecule has 4 aromatic rings.